The summed E-state index contributed by atoms with van der Waals surface area (Å²) in [5, 5.41) is 13.1. The van der Waals surface area contributed by atoms with E-state index in [1.807, 2.05) is 37.3 Å². The van der Waals surface area contributed by atoms with Crippen molar-refractivity contribution >= 4 is 0 Å². The molecule has 20 heavy (non-hydrogen) atoms. The van der Waals surface area contributed by atoms with Gasteiger partial charge < -0.3 is 15.2 Å². The van der Waals surface area contributed by atoms with Crippen LogP contribution in [0.2, 0.25) is 0 Å². The molecule has 1 aromatic carbocycles. The third kappa shape index (κ3) is 5.15. The minimum atomic E-state index is -2.46. The largest absolute Gasteiger partial charge is 0.394 e. The van der Waals surface area contributed by atoms with Crippen molar-refractivity contribution in [3.63, 3.8) is 0 Å². The van der Waals surface area contributed by atoms with Gasteiger partial charge in [0, 0.05) is 6.61 Å². The first-order valence-electron chi connectivity index (χ1n) is 6.92. The van der Waals surface area contributed by atoms with Crippen LogP contribution in [0.5, 0.6) is 0 Å². The summed E-state index contributed by atoms with van der Waals surface area (Å²) in [4.78, 5) is 0. The number of ether oxygens (including phenoxy) is 1. The number of aliphatic hydroxyl groups excluding tert-OH is 1. The highest BCUT2D eigenvalue weighted by Crippen LogP contribution is 2.25. The van der Waals surface area contributed by atoms with Gasteiger partial charge >= 0.3 is 0 Å². The number of nitrogens with one attached hydrogen (secondary N) is 1. The van der Waals surface area contributed by atoms with Crippen LogP contribution in [0, 0.1) is 0 Å². The number of hydrogen-bond acceptors (Lipinski definition) is 3. The zero-order chi connectivity index (χ0) is 14.8. The Balaban J connectivity index is 2.72. The molecule has 0 saturated carbocycles. The Morgan fingerprint density at radius 3 is 2.55 bits per heavy atom. The van der Waals surface area contributed by atoms with Gasteiger partial charge in [0.1, 0.15) is 6.61 Å². The number of alkyl halides is 2. The zero-order valence-electron chi connectivity index (χ0n) is 11.8. The molecule has 0 aliphatic rings. The van der Waals surface area contributed by atoms with E-state index in [1.165, 1.54) is 0 Å². The first kappa shape index (κ1) is 17.0. The second-order valence-corrected chi connectivity index (χ2v) is 4.75. The first-order valence-corrected chi connectivity index (χ1v) is 6.92. The third-order valence-corrected chi connectivity index (χ3v) is 3.23. The van der Waals surface area contributed by atoms with Crippen molar-refractivity contribution in [2.24, 2.45) is 0 Å². The van der Waals surface area contributed by atoms with Gasteiger partial charge in [-0.25, -0.2) is 8.78 Å². The van der Waals surface area contributed by atoms with Crippen LogP contribution < -0.4 is 5.32 Å². The molecule has 0 radical (unpaired) electrons. The van der Waals surface area contributed by atoms with Crippen LogP contribution in [-0.2, 0) is 10.3 Å². The maximum absolute atomic E-state index is 12.1. The van der Waals surface area contributed by atoms with E-state index in [4.69, 9.17) is 4.74 Å². The maximum Gasteiger partial charge on any atom is 0.261 e. The van der Waals surface area contributed by atoms with E-state index < -0.39 is 18.6 Å². The summed E-state index contributed by atoms with van der Waals surface area (Å²) in [5.41, 5.74) is 0.302. The fourth-order valence-electron chi connectivity index (χ4n) is 2.10. The van der Waals surface area contributed by atoms with E-state index in [-0.39, 0.29) is 13.2 Å². The Morgan fingerprint density at radius 2 is 2.00 bits per heavy atom. The average molecular weight is 287 g/mol. The Bertz CT molecular complexity index is 362. The summed E-state index contributed by atoms with van der Waals surface area (Å²) in [5.74, 6) is 0. The van der Waals surface area contributed by atoms with Crippen LogP contribution in [-0.4, -0.2) is 37.9 Å². The molecular weight excluding hydrogens is 264 g/mol. The molecule has 5 heteroatoms. The highest BCUT2D eigenvalue weighted by atomic mass is 19.3. The van der Waals surface area contributed by atoms with Gasteiger partial charge in [-0.15, -0.1) is 0 Å². The molecule has 0 fully saturated rings. The van der Waals surface area contributed by atoms with Crippen molar-refractivity contribution < 1.29 is 18.6 Å². The number of hydrogen-bond donors (Lipinski definition) is 2. The zero-order valence-corrected chi connectivity index (χ0v) is 11.8. The second kappa shape index (κ2) is 9.00. The van der Waals surface area contributed by atoms with Crippen LogP contribution in [0.1, 0.15) is 25.3 Å². The molecule has 0 saturated heterocycles. The van der Waals surface area contributed by atoms with Crippen LogP contribution in [0.4, 0.5) is 8.78 Å². The summed E-state index contributed by atoms with van der Waals surface area (Å²) in [6.07, 6.45) is -1.09. The number of aliphatic hydroxyl groups is 1. The number of halogens is 2. The quantitative estimate of drug-likeness (QED) is 0.650. The topological polar surface area (TPSA) is 41.5 Å². The van der Waals surface area contributed by atoms with Crippen molar-refractivity contribution in [2.45, 2.75) is 31.7 Å². The van der Waals surface area contributed by atoms with Crippen LogP contribution in [0.15, 0.2) is 30.3 Å². The van der Waals surface area contributed by atoms with Gasteiger partial charge in [-0.05, 0) is 24.9 Å². The standard InChI is InChI=1S/C15H23F2NO2/c1-2-9-18-15(12-19,8-10-20-11-14(16)17)13-6-4-3-5-7-13/h3-7,14,18-19H,2,8-12H2,1H3. The lowest BCUT2D eigenvalue weighted by Gasteiger charge is -2.34. The summed E-state index contributed by atoms with van der Waals surface area (Å²) in [7, 11) is 0. The molecule has 0 aliphatic heterocycles. The molecule has 0 bridgehead atoms. The first-order chi connectivity index (χ1) is 9.64. The van der Waals surface area contributed by atoms with Gasteiger partial charge in [-0.2, -0.15) is 0 Å². The minimum absolute atomic E-state index is 0.102. The Labute approximate surface area is 119 Å². The molecule has 1 atom stereocenters. The molecule has 1 unspecified atom stereocenters. The van der Waals surface area contributed by atoms with Crippen molar-refractivity contribution in [1.29, 1.82) is 0 Å². The number of rotatable bonds is 10. The fraction of sp³-hybridized carbons (Fsp3) is 0.600. The monoisotopic (exact) mass is 287 g/mol. The predicted octanol–water partition coefficient (Wildman–Crippen LogP) is 2.55. The average Bonchev–Trinajstić information content (AvgIpc) is 2.48. The van der Waals surface area contributed by atoms with Crippen LogP contribution >= 0.6 is 0 Å². The van der Waals surface area contributed by atoms with E-state index in [0.29, 0.717) is 6.42 Å². The summed E-state index contributed by atoms with van der Waals surface area (Å²) in [6, 6.07) is 9.54. The van der Waals surface area contributed by atoms with E-state index in [9.17, 15) is 13.9 Å². The van der Waals surface area contributed by atoms with Gasteiger partial charge in [-0.3, -0.25) is 0 Å². The number of benzene rings is 1. The second-order valence-electron chi connectivity index (χ2n) is 4.75. The van der Waals surface area contributed by atoms with Gasteiger partial charge in [0.05, 0.1) is 12.1 Å². The molecule has 0 aromatic heterocycles. The Hall–Kier alpha value is -1.04. The normalized spacial score (nSPS) is 14.4. The maximum atomic E-state index is 12.1. The minimum Gasteiger partial charge on any atom is -0.394 e. The molecule has 3 nitrogen and oxygen atoms in total. The van der Waals surface area contributed by atoms with Crippen LogP contribution in [0.3, 0.4) is 0 Å². The lowest BCUT2D eigenvalue weighted by molar-refractivity contribution is 0.00436. The molecular formula is C15H23F2NO2. The molecule has 2 N–H and O–H groups in total. The summed E-state index contributed by atoms with van der Waals surface area (Å²) >= 11 is 0. The van der Waals surface area contributed by atoms with Gasteiger partial charge in [-0.1, -0.05) is 37.3 Å². The smallest absolute Gasteiger partial charge is 0.261 e. The molecule has 0 spiro atoms. The molecule has 0 aliphatic carbocycles. The highest BCUT2D eigenvalue weighted by Gasteiger charge is 2.30. The lowest BCUT2D eigenvalue weighted by atomic mass is 9.87. The van der Waals surface area contributed by atoms with E-state index in [2.05, 4.69) is 5.32 Å². The van der Waals surface area contributed by atoms with Crippen molar-refractivity contribution in [2.75, 3.05) is 26.4 Å². The third-order valence-electron chi connectivity index (χ3n) is 3.23. The molecule has 0 heterocycles. The van der Waals surface area contributed by atoms with E-state index in [1.54, 1.807) is 0 Å². The van der Waals surface area contributed by atoms with E-state index >= 15 is 0 Å². The van der Waals surface area contributed by atoms with Crippen molar-refractivity contribution in [3.05, 3.63) is 35.9 Å². The molecule has 1 aromatic rings. The highest BCUT2D eigenvalue weighted by molar-refractivity contribution is 5.24. The molecule has 0 amide bonds. The van der Waals surface area contributed by atoms with Crippen LogP contribution in [0.25, 0.3) is 0 Å². The lowest BCUT2D eigenvalue weighted by Crippen LogP contribution is -2.47. The summed E-state index contributed by atoms with van der Waals surface area (Å²) in [6.45, 7) is 2.29. The predicted molar refractivity (Wildman–Crippen MR) is 74.9 cm³/mol. The summed E-state index contributed by atoms with van der Waals surface area (Å²) < 4.78 is 29.1. The van der Waals surface area contributed by atoms with Crippen molar-refractivity contribution in [3.8, 4) is 0 Å². The molecule has 114 valence electrons. The SMILES string of the molecule is CCCNC(CO)(CCOCC(F)F)c1ccccc1. The molecule has 1 rings (SSSR count). The van der Waals surface area contributed by atoms with E-state index in [0.717, 1.165) is 18.5 Å². The van der Waals surface area contributed by atoms with Gasteiger partial charge in [0.2, 0.25) is 0 Å². The van der Waals surface area contributed by atoms with Gasteiger partial charge in [0.15, 0.2) is 0 Å². The Kier molecular flexibility index (Phi) is 7.65. The van der Waals surface area contributed by atoms with Crippen molar-refractivity contribution in [1.82, 2.24) is 5.32 Å². The Morgan fingerprint density at radius 1 is 1.30 bits per heavy atom. The van der Waals surface area contributed by atoms with Gasteiger partial charge in [0.25, 0.3) is 6.43 Å². The fourth-order valence-corrected chi connectivity index (χ4v) is 2.10.